The van der Waals surface area contributed by atoms with Crippen LogP contribution in [0, 0.1) is 0 Å². The predicted octanol–water partition coefficient (Wildman–Crippen LogP) is -2.57. The molecular formula is C7H14O6. The number of methoxy groups -OCH3 is 1. The SMILES string of the molecule is CO[C@@H]1C(O)O[C@H](CO)[C@@H](O)[C@H]1O. The van der Waals surface area contributed by atoms with Crippen LogP contribution in [0.2, 0.25) is 0 Å². The lowest BCUT2D eigenvalue weighted by Crippen LogP contribution is -2.59. The Bertz CT molecular complexity index is 163. The molecule has 0 aromatic rings. The molecule has 1 heterocycles. The van der Waals surface area contributed by atoms with Gasteiger partial charge in [0.15, 0.2) is 6.29 Å². The average molecular weight is 194 g/mol. The Labute approximate surface area is 75.3 Å². The Morgan fingerprint density at radius 3 is 2.31 bits per heavy atom. The summed E-state index contributed by atoms with van der Waals surface area (Å²) in [4.78, 5) is 0. The minimum Gasteiger partial charge on any atom is -0.394 e. The lowest BCUT2D eigenvalue weighted by atomic mass is 9.99. The molecule has 0 spiro atoms. The maximum atomic E-state index is 9.38. The van der Waals surface area contributed by atoms with E-state index in [-0.39, 0.29) is 0 Å². The van der Waals surface area contributed by atoms with E-state index in [1.807, 2.05) is 0 Å². The molecule has 1 aliphatic heterocycles. The van der Waals surface area contributed by atoms with Crippen LogP contribution >= 0.6 is 0 Å². The van der Waals surface area contributed by atoms with Crippen molar-refractivity contribution in [1.29, 1.82) is 0 Å². The summed E-state index contributed by atoms with van der Waals surface area (Å²) in [5.74, 6) is 0. The highest BCUT2D eigenvalue weighted by atomic mass is 16.7. The third-order valence-electron chi connectivity index (χ3n) is 2.11. The van der Waals surface area contributed by atoms with Gasteiger partial charge in [-0.3, -0.25) is 0 Å². The predicted molar refractivity (Wildman–Crippen MR) is 40.8 cm³/mol. The molecule has 1 rings (SSSR count). The molecule has 0 bridgehead atoms. The zero-order valence-corrected chi connectivity index (χ0v) is 7.20. The molecule has 0 radical (unpaired) electrons. The van der Waals surface area contributed by atoms with Crippen LogP contribution in [-0.4, -0.2) is 64.8 Å². The van der Waals surface area contributed by atoms with Gasteiger partial charge in [-0.25, -0.2) is 0 Å². The summed E-state index contributed by atoms with van der Waals surface area (Å²) in [6.45, 7) is -0.467. The lowest BCUT2D eigenvalue weighted by Gasteiger charge is -2.39. The zero-order valence-electron chi connectivity index (χ0n) is 7.20. The minimum absolute atomic E-state index is 0.467. The van der Waals surface area contributed by atoms with Crippen molar-refractivity contribution < 1.29 is 29.9 Å². The van der Waals surface area contributed by atoms with Crippen molar-refractivity contribution in [2.24, 2.45) is 0 Å². The summed E-state index contributed by atoms with van der Waals surface area (Å²) in [6.07, 6.45) is -5.81. The van der Waals surface area contributed by atoms with Gasteiger partial charge >= 0.3 is 0 Å². The van der Waals surface area contributed by atoms with Crippen molar-refractivity contribution in [3.05, 3.63) is 0 Å². The van der Waals surface area contributed by atoms with E-state index in [4.69, 9.17) is 14.6 Å². The molecule has 1 fully saturated rings. The van der Waals surface area contributed by atoms with Gasteiger partial charge in [-0.1, -0.05) is 0 Å². The van der Waals surface area contributed by atoms with Gasteiger partial charge in [-0.15, -0.1) is 0 Å². The van der Waals surface area contributed by atoms with E-state index in [1.54, 1.807) is 0 Å². The van der Waals surface area contributed by atoms with Crippen molar-refractivity contribution in [3.8, 4) is 0 Å². The molecule has 4 N–H and O–H groups in total. The fourth-order valence-electron chi connectivity index (χ4n) is 1.33. The van der Waals surface area contributed by atoms with Gasteiger partial charge in [0, 0.05) is 7.11 Å². The number of rotatable bonds is 2. The van der Waals surface area contributed by atoms with Gasteiger partial charge in [0.25, 0.3) is 0 Å². The molecule has 0 saturated carbocycles. The van der Waals surface area contributed by atoms with Crippen molar-refractivity contribution >= 4 is 0 Å². The second-order valence-corrected chi connectivity index (χ2v) is 2.93. The maximum Gasteiger partial charge on any atom is 0.184 e. The van der Waals surface area contributed by atoms with E-state index in [0.29, 0.717) is 0 Å². The highest BCUT2D eigenvalue weighted by Crippen LogP contribution is 2.21. The molecule has 6 nitrogen and oxygen atoms in total. The Hall–Kier alpha value is -0.240. The second-order valence-electron chi connectivity index (χ2n) is 2.93. The van der Waals surface area contributed by atoms with Crippen molar-refractivity contribution in [2.45, 2.75) is 30.7 Å². The highest BCUT2D eigenvalue weighted by Gasteiger charge is 2.43. The number of hydrogen-bond donors (Lipinski definition) is 4. The first kappa shape index (κ1) is 10.8. The van der Waals surface area contributed by atoms with Crippen LogP contribution in [0.5, 0.6) is 0 Å². The van der Waals surface area contributed by atoms with Crippen LogP contribution in [0.15, 0.2) is 0 Å². The molecule has 1 unspecified atom stereocenters. The molecular weight excluding hydrogens is 180 g/mol. The molecule has 0 aromatic heterocycles. The Kier molecular flexibility index (Phi) is 3.60. The van der Waals surface area contributed by atoms with Gasteiger partial charge in [0.2, 0.25) is 0 Å². The summed E-state index contributed by atoms with van der Waals surface area (Å²) >= 11 is 0. The zero-order chi connectivity index (χ0) is 10.0. The van der Waals surface area contributed by atoms with Crippen molar-refractivity contribution in [1.82, 2.24) is 0 Å². The molecule has 5 atom stereocenters. The molecule has 1 saturated heterocycles. The summed E-state index contributed by atoms with van der Waals surface area (Å²) in [5.41, 5.74) is 0. The minimum atomic E-state index is -1.33. The van der Waals surface area contributed by atoms with E-state index in [2.05, 4.69) is 0 Å². The topological polar surface area (TPSA) is 99.4 Å². The van der Waals surface area contributed by atoms with Gasteiger partial charge in [0.1, 0.15) is 24.4 Å². The maximum absolute atomic E-state index is 9.38. The van der Waals surface area contributed by atoms with Gasteiger partial charge in [-0.2, -0.15) is 0 Å². The number of hydrogen-bond acceptors (Lipinski definition) is 6. The fourth-order valence-corrected chi connectivity index (χ4v) is 1.33. The summed E-state index contributed by atoms with van der Waals surface area (Å²) in [7, 11) is 1.28. The third kappa shape index (κ3) is 1.98. The summed E-state index contributed by atoms with van der Waals surface area (Å²) in [5, 5.41) is 36.7. The number of aliphatic hydroxyl groups excluding tert-OH is 4. The average Bonchev–Trinajstić information content (AvgIpc) is 2.12. The number of aliphatic hydroxyl groups is 4. The monoisotopic (exact) mass is 194 g/mol. The summed E-state index contributed by atoms with van der Waals surface area (Å²) < 4.78 is 9.50. The first-order chi connectivity index (χ1) is 6.11. The molecule has 1 aliphatic rings. The largest absolute Gasteiger partial charge is 0.394 e. The van der Waals surface area contributed by atoms with Gasteiger partial charge < -0.3 is 29.9 Å². The van der Waals surface area contributed by atoms with Crippen LogP contribution in [0.25, 0.3) is 0 Å². The quantitative estimate of drug-likeness (QED) is 0.386. The fraction of sp³-hybridized carbons (Fsp3) is 1.00. The molecule has 0 aliphatic carbocycles. The Balaban J connectivity index is 2.66. The Morgan fingerprint density at radius 2 is 1.85 bits per heavy atom. The van der Waals surface area contributed by atoms with Crippen LogP contribution < -0.4 is 0 Å². The smallest absolute Gasteiger partial charge is 0.184 e. The summed E-state index contributed by atoms with van der Waals surface area (Å²) in [6, 6.07) is 0. The van der Waals surface area contributed by atoms with E-state index in [9.17, 15) is 15.3 Å². The third-order valence-corrected chi connectivity index (χ3v) is 2.11. The van der Waals surface area contributed by atoms with Crippen LogP contribution in [0.3, 0.4) is 0 Å². The first-order valence-electron chi connectivity index (χ1n) is 3.95. The molecule has 78 valence electrons. The van der Waals surface area contributed by atoms with E-state index >= 15 is 0 Å². The lowest BCUT2D eigenvalue weighted by molar-refractivity contribution is -0.291. The molecule has 0 amide bonds. The Morgan fingerprint density at radius 1 is 1.23 bits per heavy atom. The molecule has 0 aromatic carbocycles. The van der Waals surface area contributed by atoms with Gasteiger partial charge in [0.05, 0.1) is 6.61 Å². The van der Waals surface area contributed by atoms with E-state index in [1.165, 1.54) is 7.11 Å². The van der Waals surface area contributed by atoms with Crippen LogP contribution in [0.1, 0.15) is 0 Å². The normalized spacial score (nSPS) is 46.4. The van der Waals surface area contributed by atoms with E-state index in [0.717, 1.165) is 0 Å². The van der Waals surface area contributed by atoms with Crippen LogP contribution in [-0.2, 0) is 9.47 Å². The van der Waals surface area contributed by atoms with Gasteiger partial charge in [-0.05, 0) is 0 Å². The van der Waals surface area contributed by atoms with Crippen molar-refractivity contribution in [2.75, 3.05) is 13.7 Å². The standard InChI is InChI=1S/C7H14O6/c1-12-6-5(10)4(9)3(2-8)13-7(6)11/h3-11H,2H2,1H3/t3-,4-,5-,6+,7?/m1/s1. The van der Waals surface area contributed by atoms with E-state index < -0.39 is 37.3 Å². The van der Waals surface area contributed by atoms with Crippen LogP contribution in [0.4, 0.5) is 0 Å². The highest BCUT2D eigenvalue weighted by molar-refractivity contribution is 4.88. The van der Waals surface area contributed by atoms with Crippen molar-refractivity contribution in [3.63, 3.8) is 0 Å². The number of ether oxygens (including phenoxy) is 2. The molecule has 13 heavy (non-hydrogen) atoms. The second kappa shape index (κ2) is 4.32. The molecule has 6 heteroatoms. The first-order valence-corrected chi connectivity index (χ1v) is 3.95.